The largest absolute Gasteiger partial charge is 0.306 e. The zero-order valence-corrected chi connectivity index (χ0v) is 13.5. The van der Waals surface area contributed by atoms with Gasteiger partial charge in [0.2, 0.25) is 0 Å². The van der Waals surface area contributed by atoms with Crippen molar-refractivity contribution in [3.8, 4) is 0 Å². The van der Waals surface area contributed by atoms with Crippen LogP contribution in [-0.2, 0) is 6.54 Å². The molecule has 4 aliphatic rings. The number of hydrogen-bond acceptors (Lipinski definition) is 2. The van der Waals surface area contributed by atoms with Crippen LogP contribution in [-0.4, -0.2) is 15.3 Å². The zero-order valence-electron chi connectivity index (χ0n) is 13.5. The summed E-state index contributed by atoms with van der Waals surface area (Å²) in [5.74, 6) is 3.05. The second kappa shape index (κ2) is 5.12. The smallest absolute Gasteiger partial charge is 0.0762 e. The average molecular weight is 287 g/mol. The van der Waals surface area contributed by atoms with Gasteiger partial charge in [0.25, 0.3) is 0 Å². The van der Waals surface area contributed by atoms with Crippen LogP contribution >= 0.6 is 0 Å². The predicted molar refractivity (Wildman–Crippen MR) is 85.0 cm³/mol. The highest BCUT2D eigenvalue weighted by atomic mass is 15.3. The third-order valence-corrected chi connectivity index (χ3v) is 6.39. The van der Waals surface area contributed by atoms with Crippen LogP contribution in [0, 0.1) is 17.8 Å². The number of nitrogens with zero attached hydrogens (tertiary/aromatic N) is 2. The molecule has 1 N–H and O–H groups in total. The quantitative estimate of drug-likeness (QED) is 0.889. The van der Waals surface area contributed by atoms with Gasteiger partial charge in [-0.15, -0.1) is 0 Å². The first kappa shape index (κ1) is 13.8. The van der Waals surface area contributed by atoms with Gasteiger partial charge in [0.15, 0.2) is 0 Å². The van der Waals surface area contributed by atoms with Crippen molar-refractivity contribution in [3.63, 3.8) is 0 Å². The Bertz CT molecular complexity index is 469. The summed E-state index contributed by atoms with van der Waals surface area (Å²) < 4.78 is 2.12. The van der Waals surface area contributed by atoms with Crippen LogP contribution in [0.5, 0.6) is 0 Å². The lowest BCUT2D eigenvalue weighted by Crippen LogP contribution is -2.58. The van der Waals surface area contributed by atoms with E-state index in [2.05, 4.69) is 36.1 Å². The maximum Gasteiger partial charge on any atom is 0.0762 e. The first-order chi connectivity index (χ1) is 10.2. The summed E-state index contributed by atoms with van der Waals surface area (Å²) >= 11 is 0. The molecule has 4 fully saturated rings. The number of nitrogens with one attached hydrogen (secondary N) is 1. The van der Waals surface area contributed by atoms with E-state index >= 15 is 0 Å². The SMILES string of the molecule is CCC(C)n1ccc(CNC23CC4CC(CC(C4)C2)C3)n1. The molecule has 0 aliphatic heterocycles. The van der Waals surface area contributed by atoms with E-state index in [1.54, 1.807) is 0 Å². The van der Waals surface area contributed by atoms with Crippen LogP contribution in [0.1, 0.15) is 70.5 Å². The van der Waals surface area contributed by atoms with E-state index in [-0.39, 0.29) is 0 Å². The van der Waals surface area contributed by atoms with Crippen LogP contribution in [0.15, 0.2) is 12.3 Å². The number of aromatic nitrogens is 2. The van der Waals surface area contributed by atoms with Crippen molar-refractivity contribution in [1.82, 2.24) is 15.1 Å². The second-order valence-corrected chi connectivity index (χ2v) is 8.10. The van der Waals surface area contributed by atoms with Gasteiger partial charge < -0.3 is 5.32 Å². The Morgan fingerprint density at radius 3 is 2.43 bits per heavy atom. The van der Waals surface area contributed by atoms with Crippen molar-refractivity contribution in [1.29, 1.82) is 0 Å². The molecule has 3 nitrogen and oxygen atoms in total. The number of hydrogen-bond donors (Lipinski definition) is 1. The minimum absolute atomic E-state index is 0.453. The molecular formula is C18H29N3. The van der Waals surface area contributed by atoms with Gasteiger partial charge in [-0.2, -0.15) is 5.10 Å². The van der Waals surface area contributed by atoms with Gasteiger partial charge in [-0.3, -0.25) is 4.68 Å². The zero-order chi connectivity index (χ0) is 14.4. The van der Waals surface area contributed by atoms with E-state index in [4.69, 9.17) is 5.10 Å². The molecule has 0 aromatic carbocycles. The van der Waals surface area contributed by atoms with Gasteiger partial charge in [0.1, 0.15) is 0 Å². The molecule has 1 aromatic heterocycles. The Morgan fingerprint density at radius 2 is 1.86 bits per heavy atom. The van der Waals surface area contributed by atoms with E-state index in [0.29, 0.717) is 11.6 Å². The van der Waals surface area contributed by atoms with Crippen molar-refractivity contribution >= 4 is 0 Å². The van der Waals surface area contributed by atoms with Crippen molar-refractivity contribution in [2.75, 3.05) is 0 Å². The van der Waals surface area contributed by atoms with E-state index < -0.39 is 0 Å². The summed E-state index contributed by atoms with van der Waals surface area (Å²) in [5, 5.41) is 8.69. The predicted octanol–water partition coefficient (Wildman–Crippen LogP) is 3.91. The summed E-state index contributed by atoms with van der Waals surface area (Å²) in [5.41, 5.74) is 1.67. The van der Waals surface area contributed by atoms with Crippen molar-refractivity contribution in [2.45, 2.75) is 76.9 Å². The molecule has 1 unspecified atom stereocenters. The van der Waals surface area contributed by atoms with Gasteiger partial charge >= 0.3 is 0 Å². The fraction of sp³-hybridized carbons (Fsp3) is 0.833. The molecule has 4 bridgehead atoms. The second-order valence-electron chi connectivity index (χ2n) is 8.10. The minimum atomic E-state index is 0.453. The average Bonchev–Trinajstić information content (AvgIpc) is 2.92. The van der Waals surface area contributed by atoms with Gasteiger partial charge in [-0.1, -0.05) is 6.92 Å². The van der Waals surface area contributed by atoms with Crippen LogP contribution in [0.3, 0.4) is 0 Å². The van der Waals surface area contributed by atoms with Gasteiger partial charge in [0.05, 0.1) is 5.69 Å². The Labute approximate surface area is 128 Å². The highest BCUT2D eigenvalue weighted by Gasteiger charge is 2.50. The maximum absolute atomic E-state index is 4.75. The lowest BCUT2D eigenvalue weighted by molar-refractivity contribution is -0.0207. The first-order valence-corrected chi connectivity index (χ1v) is 8.95. The summed E-state index contributed by atoms with van der Waals surface area (Å²) in [6.07, 6.45) is 12.1. The monoisotopic (exact) mass is 287 g/mol. The molecule has 3 heteroatoms. The van der Waals surface area contributed by atoms with Gasteiger partial charge in [0, 0.05) is 24.3 Å². The fourth-order valence-corrected chi connectivity index (χ4v) is 5.51. The van der Waals surface area contributed by atoms with E-state index in [9.17, 15) is 0 Å². The van der Waals surface area contributed by atoms with Crippen LogP contribution in [0.2, 0.25) is 0 Å². The molecule has 4 aliphatic carbocycles. The van der Waals surface area contributed by atoms with Crippen molar-refractivity contribution in [2.24, 2.45) is 17.8 Å². The molecular weight excluding hydrogens is 258 g/mol. The molecule has 0 saturated heterocycles. The maximum atomic E-state index is 4.75. The first-order valence-electron chi connectivity index (χ1n) is 8.95. The van der Waals surface area contributed by atoms with E-state index in [1.807, 2.05) is 0 Å². The van der Waals surface area contributed by atoms with Crippen molar-refractivity contribution < 1.29 is 0 Å². The Balaban J connectivity index is 1.41. The van der Waals surface area contributed by atoms with Crippen LogP contribution in [0.25, 0.3) is 0 Å². The van der Waals surface area contributed by atoms with Crippen LogP contribution in [0.4, 0.5) is 0 Å². The Hall–Kier alpha value is -0.830. The standard InChI is InChI=1S/C18H29N3/c1-3-13(2)21-5-4-17(20-21)12-19-18-9-14-6-15(10-18)8-16(7-14)11-18/h4-5,13-16,19H,3,6-12H2,1-2H3. The lowest BCUT2D eigenvalue weighted by Gasteiger charge is -2.57. The topological polar surface area (TPSA) is 29.9 Å². The Kier molecular flexibility index (Phi) is 3.36. The minimum Gasteiger partial charge on any atom is -0.306 e. The fourth-order valence-electron chi connectivity index (χ4n) is 5.51. The molecule has 1 aromatic rings. The molecule has 1 heterocycles. The third kappa shape index (κ3) is 2.54. The molecule has 116 valence electrons. The molecule has 21 heavy (non-hydrogen) atoms. The van der Waals surface area contributed by atoms with E-state index in [1.165, 1.54) is 44.2 Å². The summed E-state index contributed by atoms with van der Waals surface area (Å²) in [6, 6.07) is 2.71. The third-order valence-electron chi connectivity index (χ3n) is 6.39. The molecule has 0 spiro atoms. The van der Waals surface area contributed by atoms with E-state index in [0.717, 1.165) is 30.7 Å². The number of rotatable bonds is 5. The molecule has 0 amide bonds. The van der Waals surface area contributed by atoms with Crippen molar-refractivity contribution in [3.05, 3.63) is 18.0 Å². The summed E-state index contributed by atoms with van der Waals surface area (Å²) in [7, 11) is 0. The summed E-state index contributed by atoms with van der Waals surface area (Å²) in [4.78, 5) is 0. The highest BCUT2D eigenvalue weighted by Crippen LogP contribution is 2.55. The molecule has 5 rings (SSSR count). The Morgan fingerprint density at radius 1 is 1.24 bits per heavy atom. The van der Waals surface area contributed by atoms with Crippen LogP contribution < -0.4 is 5.32 Å². The molecule has 4 saturated carbocycles. The highest BCUT2D eigenvalue weighted by molar-refractivity contribution is 5.08. The van der Waals surface area contributed by atoms with Gasteiger partial charge in [-0.25, -0.2) is 0 Å². The molecule has 0 radical (unpaired) electrons. The van der Waals surface area contributed by atoms with Gasteiger partial charge in [-0.05, 0) is 75.7 Å². The molecule has 1 atom stereocenters. The normalized spacial score (nSPS) is 38.9. The summed E-state index contributed by atoms with van der Waals surface area (Å²) in [6.45, 7) is 5.42. The lowest BCUT2D eigenvalue weighted by atomic mass is 9.53.